The molecule has 0 spiro atoms. The molecule has 1 saturated heterocycles. The number of rotatable bonds is 7. The number of benzene rings is 1. The summed E-state index contributed by atoms with van der Waals surface area (Å²) in [6.07, 6.45) is 1.59. The van der Waals surface area contributed by atoms with Crippen molar-refractivity contribution < 1.29 is 14.6 Å². The van der Waals surface area contributed by atoms with E-state index in [4.69, 9.17) is 27.9 Å². The Hall–Kier alpha value is -2.47. The van der Waals surface area contributed by atoms with Gasteiger partial charge in [0.1, 0.15) is 11.1 Å². The molecular formula is C17H18Cl2N6O4S. The topological polar surface area (TPSA) is 113 Å². The molecule has 1 fully saturated rings. The molecule has 30 heavy (non-hydrogen) atoms. The van der Waals surface area contributed by atoms with E-state index in [-0.39, 0.29) is 32.4 Å². The van der Waals surface area contributed by atoms with Crippen molar-refractivity contribution in [2.75, 3.05) is 19.9 Å². The van der Waals surface area contributed by atoms with Gasteiger partial charge in [0, 0.05) is 16.1 Å². The lowest BCUT2D eigenvalue weighted by atomic mass is 10.1. The first-order chi connectivity index (χ1) is 14.4. The summed E-state index contributed by atoms with van der Waals surface area (Å²) >= 11 is 13.1. The second-order valence-electron chi connectivity index (χ2n) is 6.21. The average molecular weight is 473 g/mol. The van der Waals surface area contributed by atoms with E-state index in [0.29, 0.717) is 15.1 Å². The first-order valence-corrected chi connectivity index (χ1v) is 10.4. The summed E-state index contributed by atoms with van der Waals surface area (Å²) in [6, 6.07) is 6.14. The van der Waals surface area contributed by atoms with Crippen molar-refractivity contribution >= 4 is 46.5 Å². The van der Waals surface area contributed by atoms with Crippen molar-refractivity contribution in [2.45, 2.75) is 19.5 Å². The molecular weight excluding hydrogens is 455 g/mol. The highest BCUT2D eigenvalue weighted by Crippen LogP contribution is 2.27. The number of halogens is 2. The Labute approximate surface area is 186 Å². The van der Waals surface area contributed by atoms with Crippen LogP contribution in [0.25, 0.3) is 0 Å². The highest BCUT2D eigenvalue weighted by atomic mass is 35.5. The molecule has 0 saturated carbocycles. The quantitative estimate of drug-likeness (QED) is 0.371. The fraction of sp³-hybridized carbons (Fsp3) is 0.353. The fourth-order valence-corrected chi connectivity index (χ4v) is 4.12. The summed E-state index contributed by atoms with van der Waals surface area (Å²) < 4.78 is 5.63. The third-order valence-electron chi connectivity index (χ3n) is 4.20. The van der Waals surface area contributed by atoms with Crippen molar-refractivity contribution in [3.05, 3.63) is 60.5 Å². The molecule has 2 aromatic rings. The van der Waals surface area contributed by atoms with E-state index in [1.54, 1.807) is 47.2 Å². The number of aromatic nitrogens is 1. The first-order valence-electron chi connectivity index (χ1n) is 8.85. The Balaban J connectivity index is 1.89. The number of hydrogen-bond acceptors (Lipinski definition) is 7. The molecule has 0 amide bonds. The Bertz CT molecular complexity index is 939. The van der Waals surface area contributed by atoms with E-state index in [9.17, 15) is 14.9 Å². The monoisotopic (exact) mass is 472 g/mol. The molecule has 13 heteroatoms. The molecule has 1 aliphatic heterocycles. The molecule has 1 aliphatic rings. The van der Waals surface area contributed by atoms with Gasteiger partial charge in [0.25, 0.3) is 5.96 Å². The molecule has 1 atom stereocenters. The zero-order valence-electron chi connectivity index (χ0n) is 15.8. The lowest BCUT2D eigenvalue weighted by Crippen LogP contribution is -2.58. The molecule has 0 bridgehead atoms. The minimum Gasteiger partial charge on any atom is -0.465 e. The molecule has 2 heterocycles. The summed E-state index contributed by atoms with van der Waals surface area (Å²) in [4.78, 5) is 31.9. The number of nitrogens with one attached hydrogen (secondary N) is 1. The number of hydrogen-bond donors (Lipinski definition) is 1. The average Bonchev–Trinajstić information content (AvgIpc) is 3.10. The lowest BCUT2D eigenvalue weighted by molar-refractivity contribution is -0.486. The van der Waals surface area contributed by atoms with E-state index >= 15 is 0 Å². The standard InChI is InChI=1S/C17H18Cl2N6O4S/c1-2-29-15(26)14(11-3-5-12(18)6-4-11)24-9-21-17(22-25(27)28)23(10-24)8-13-7-20-16(19)30-13/h3-7,14H,2,8-10H2,1H3,(H,21,22)/t14-/m1/s1. The van der Waals surface area contributed by atoms with Gasteiger partial charge in [-0.15, -0.1) is 11.3 Å². The minimum absolute atomic E-state index is 0.0829. The Morgan fingerprint density at radius 2 is 2.17 bits per heavy atom. The smallest absolute Gasteiger partial charge is 0.328 e. The molecule has 160 valence electrons. The van der Waals surface area contributed by atoms with E-state index < -0.39 is 17.0 Å². The molecule has 0 unspecified atom stereocenters. The van der Waals surface area contributed by atoms with E-state index in [0.717, 1.165) is 4.88 Å². The van der Waals surface area contributed by atoms with Crippen LogP contribution in [0.4, 0.5) is 0 Å². The second kappa shape index (κ2) is 10.0. The van der Waals surface area contributed by atoms with Gasteiger partial charge in [0.2, 0.25) is 0 Å². The number of carbonyl (C=O) groups is 1. The van der Waals surface area contributed by atoms with Gasteiger partial charge in [-0.05, 0) is 24.6 Å². The van der Waals surface area contributed by atoms with Gasteiger partial charge in [-0.3, -0.25) is 4.90 Å². The van der Waals surface area contributed by atoms with Crippen LogP contribution in [-0.2, 0) is 16.1 Å². The number of ether oxygens (including phenoxy) is 1. The number of nitro groups is 1. The van der Waals surface area contributed by atoms with Gasteiger partial charge in [-0.1, -0.05) is 35.3 Å². The Morgan fingerprint density at radius 3 is 2.77 bits per heavy atom. The zero-order valence-corrected chi connectivity index (χ0v) is 18.2. The Kier molecular flexibility index (Phi) is 7.43. The largest absolute Gasteiger partial charge is 0.465 e. The fourth-order valence-electron chi connectivity index (χ4n) is 3.00. The summed E-state index contributed by atoms with van der Waals surface area (Å²) in [5.41, 5.74) is 0.690. The number of thiazole rings is 1. The third kappa shape index (κ3) is 5.57. The molecule has 1 N–H and O–H groups in total. The van der Waals surface area contributed by atoms with Gasteiger partial charge in [0.05, 0.1) is 26.5 Å². The first kappa shape index (κ1) is 22.2. The van der Waals surface area contributed by atoms with Crippen LogP contribution < -0.4 is 5.32 Å². The number of nitrogens with zero attached hydrogens (tertiary/aromatic N) is 5. The van der Waals surface area contributed by atoms with Crippen molar-refractivity contribution in [2.24, 2.45) is 5.10 Å². The van der Waals surface area contributed by atoms with Crippen LogP contribution in [-0.4, -0.2) is 51.7 Å². The van der Waals surface area contributed by atoms with Crippen LogP contribution >= 0.6 is 34.5 Å². The summed E-state index contributed by atoms with van der Waals surface area (Å²) in [5.74, 6) is -0.350. The van der Waals surface area contributed by atoms with Crippen LogP contribution in [0.2, 0.25) is 9.49 Å². The molecule has 1 aromatic heterocycles. The maximum atomic E-state index is 12.7. The highest BCUT2D eigenvalue weighted by molar-refractivity contribution is 7.15. The molecule has 0 radical (unpaired) electrons. The normalized spacial score (nSPS) is 16.9. The molecule has 1 aromatic carbocycles. The number of esters is 1. The predicted molar refractivity (Wildman–Crippen MR) is 113 cm³/mol. The maximum Gasteiger partial charge on any atom is 0.328 e. The van der Waals surface area contributed by atoms with Gasteiger partial charge >= 0.3 is 5.97 Å². The van der Waals surface area contributed by atoms with Crippen molar-refractivity contribution in [3.63, 3.8) is 0 Å². The predicted octanol–water partition coefficient (Wildman–Crippen LogP) is 2.92. The van der Waals surface area contributed by atoms with Gasteiger partial charge in [-0.25, -0.2) is 19.9 Å². The van der Waals surface area contributed by atoms with Gasteiger partial charge in [-0.2, -0.15) is 0 Å². The molecule has 10 nitrogen and oxygen atoms in total. The number of carbonyl (C=O) groups excluding carboxylic acids is 1. The lowest BCUT2D eigenvalue weighted by Gasteiger charge is -2.40. The van der Waals surface area contributed by atoms with E-state index in [2.05, 4.69) is 15.4 Å². The maximum absolute atomic E-state index is 12.7. The summed E-state index contributed by atoms with van der Waals surface area (Å²) in [5, 5.41) is 17.1. The number of hydrazone groups is 1. The van der Waals surface area contributed by atoms with Crippen molar-refractivity contribution in [3.8, 4) is 0 Å². The highest BCUT2D eigenvalue weighted by Gasteiger charge is 2.35. The van der Waals surface area contributed by atoms with Crippen LogP contribution in [0.15, 0.2) is 35.6 Å². The SMILES string of the molecule is CCOC(=O)[C@@H](c1ccc(Cl)cc1)N1CN/C(=N\[N+](=O)[O-])N(Cc2cnc(Cl)s2)C1. The van der Waals surface area contributed by atoms with Crippen LogP contribution in [0.3, 0.4) is 0 Å². The van der Waals surface area contributed by atoms with E-state index in [1.807, 2.05) is 0 Å². The van der Waals surface area contributed by atoms with Crippen LogP contribution in [0.1, 0.15) is 23.4 Å². The zero-order chi connectivity index (χ0) is 21.7. The van der Waals surface area contributed by atoms with Crippen molar-refractivity contribution in [1.29, 1.82) is 0 Å². The Morgan fingerprint density at radius 1 is 1.43 bits per heavy atom. The second-order valence-corrected chi connectivity index (χ2v) is 8.34. The molecule has 3 rings (SSSR count). The summed E-state index contributed by atoms with van der Waals surface area (Å²) in [7, 11) is 0. The molecule has 0 aliphatic carbocycles. The summed E-state index contributed by atoms with van der Waals surface area (Å²) in [6.45, 7) is 2.56. The van der Waals surface area contributed by atoms with Crippen LogP contribution in [0.5, 0.6) is 0 Å². The van der Waals surface area contributed by atoms with Gasteiger partial charge < -0.3 is 15.0 Å². The van der Waals surface area contributed by atoms with Crippen molar-refractivity contribution in [1.82, 2.24) is 20.1 Å². The van der Waals surface area contributed by atoms with Crippen LogP contribution in [0, 0.1) is 10.1 Å². The van der Waals surface area contributed by atoms with E-state index in [1.165, 1.54) is 11.3 Å². The third-order valence-corrected chi connectivity index (χ3v) is 5.55. The van der Waals surface area contributed by atoms with Gasteiger partial charge in [0.15, 0.2) is 9.50 Å². The number of guanidine groups is 1. The minimum atomic E-state index is -0.771.